The third kappa shape index (κ3) is 3.82. The average molecular weight is 176 g/mol. The lowest BCUT2D eigenvalue weighted by Gasteiger charge is -1.96. The van der Waals surface area contributed by atoms with Crippen LogP contribution in [0.2, 0.25) is 0 Å². The smallest absolute Gasteiger partial charge is 0.411 e. The molecule has 0 aliphatic carbocycles. The Balaban J connectivity index is 4.03. The minimum atomic E-state index is -1.74. The summed E-state index contributed by atoms with van der Waals surface area (Å²) in [4.78, 5) is 40.1. The molecule has 0 unspecified atom stereocenters. The first-order chi connectivity index (χ1) is 5.43. The first-order valence-corrected chi connectivity index (χ1v) is 2.51. The summed E-state index contributed by atoms with van der Waals surface area (Å²) < 4.78 is 0. The molecule has 0 aromatic heterocycles. The molecule has 0 saturated carbocycles. The van der Waals surface area contributed by atoms with E-state index < -0.39 is 24.0 Å². The van der Waals surface area contributed by atoms with Crippen LogP contribution in [0.25, 0.3) is 0 Å². The van der Waals surface area contributed by atoms with Crippen molar-refractivity contribution < 1.29 is 29.4 Å². The molecule has 0 aromatic carbocycles. The van der Waals surface area contributed by atoms with Gasteiger partial charge in [0.05, 0.1) is 0 Å². The van der Waals surface area contributed by atoms with Crippen molar-refractivity contribution in [3.05, 3.63) is 0 Å². The number of carboxylic acid groups (broad SMARTS) is 2. The Hall–Kier alpha value is -2.12. The van der Waals surface area contributed by atoms with Crippen molar-refractivity contribution >= 4 is 24.0 Å². The fourth-order valence-electron chi connectivity index (χ4n) is 0.308. The van der Waals surface area contributed by atoms with Crippen molar-refractivity contribution in [1.29, 1.82) is 0 Å². The van der Waals surface area contributed by atoms with Gasteiger partial charge in [0, 0.05) is 0 Å². The normalized spacial score (nSPS) is 8.33. The van der Waals surface area contributed by atoms with Gasteiger partial charge in [0.15, 0.2) is 0 Å². The molecule has 4 N–H and O–H groups in total. The van der Waals surface area contributed by atoms with E-state index in [1.807, 2.05) is 0 Å². The standard InChI is InChI=1S/C4H4N2O6/c7-1(5-3(9)10)2(8)6-4(11)12/h(H,5,7)(H,6,8)(H,9,10)(H,11,12). The van der Waals surface area contributed by atoms with Crippen molar-refractivity contribution in [2.24, 2.45) is 0 Å². The van der Waals surface area contributed by atoms with Crippen molar-refractivity contribution in [3.8, 4) is 0 Å². The van der Waals surface area contributed by atoms with E-state index in [-0.39, 0.29) is 0 Å². The minimum Gasteiger partial charge on any atom is -0.465 e. The molecule has 66 valence electrons. The van der Waals surface area contributed by atoms with Crippen molar-refractivity contribution in [1.82, 2.24) is 10.6 Å². The van der Waals surface area contributed by atoms with Gasteiger partial charge in [-0.3, -0.25) is 20.2 Å². The van der Waals surface area contributed by atoms with Crippen molar-refractivity contribution in [2.45, 2.75) is 0 Å². The third-order valence-corrected chi connectivity index (χ3v) is 0.647. The van der Waals surface area contributed by atoms with Gasteiger partial charge in [-0.1, -0.05) is 0 Å². The van der Waals surface area contributed by atoms with Gasteiger partial charge < -0.3 is 10.2 Å². The van der Waals surface area contributed by atoms with E-state index in [1.165, 1.54) is 0 Å². The van der Waals surface area contributed by atoms with Crippen molar-refractivity contribution in [2.75, 3.05) is 0 Å². The van der Waals surface area contributed by atoms with E-state index >= 15 is 0 Å². The Morgan fingerprint density at radius 1 is 0.750 bits per heavy atom. The number of rotatable bonds is 0. The number of imide groups is 2. The van der Waals surface area contributed by atoms with Crippen LogP contribution in [-0.2, 0) is 9.59 Å². The summed E-state index contributed by atoms with van der Waals surface area (Å²) in [5.74, 6) is -3.10. The molecule has 0 heterocycles. The summed E-state index contributed by atoms with van der Waals surface area (Å²) in [5, 5.41) is 18.1. The van der Waals surface area contributed by atoms with Crippen LogP contribution in [0.15, 0.2) is 0 Å². The molecule has 8 heteroatoms. The van der Waals surface area contributed by atoms with Gasteiger partial charge in [0.1, 0.15) is 0 Å². The summed E-state index contributed by atoms with van der Waals surface area (Å²) in [6.07, 6.45) is -3.47. The lowest BCUT2D eigenvalue weighted by atomic mass is 10.5. The van der Waals surface area contributed by atoms with Crippen LogP contribution < -0.4 is 10.6 Å². The summed E-state index contributed by atoms with van der Waals surface area (Å²) in [7, 11) is 0. The Morgan fingerprint density at radius 3 is 1.17 bits per heavy atom. The second kappa shape index (κ2) is 3.91. The monoisotopic (exact) mass is 176 g/mol. The van der Waals surface area contributed by atoms with Gasteiger partial charge in [-0.15, -0.1) is 0 Å². The predicted molar refractivity (Wildman–Crippen MR) is 32.3 cm³/mol. The first kappa shape index (κ1) is 9.88. The van der Waals surface area contributed by atoms with Gasteiger partial charge in [-0.05, 0) is 0 Å². The molecule has 0 radical (unpaired) electrons. The van der Waals surface area contributed by atoms with Gasteiger partial charge in [0.2, 0.25) is 0 Å². The summed E-state index contributed by atoms with van der Waals surface area (Å²) in [6.45, 7) is 0. The fourth-order valence-corrected chi connectivity index (χ4v) is 0.308. The molecular formula is C4H4N2O6. The van der Waals surface area contributed by atoms with Crippen LogP contribution in [0.5, 0.6) is 0 Å². The maximum atomic E-state index is 10.3. The number of carbonyl (C=O) groups excluding carboxylic acids is 2. The van der Waals surface area contributed by atoms with E-state index in [4.69, 9.17) is 10.2 Å². The summed E-state index contributed by atoms with van der Waals surface area (Å²) in [6, 6.07) is 0. The van der Waals surface area contributed by atoms with Gasteiger partial charge in [-0.25, -0.2) is 9.59 Å². The highest BCUT2D eigenvalue weighted by Crippen LogP contribution is 1.69. The average Bonchev–Trinajstić information content (AvgIpc) is 1.84. The molecule has 0 fully saturated rings. The topological polar surface area (TPSA) is 133 Å². The molecule has 8 nitrogen and oxygen atoms in total. The zero-order chi connectivity index (χ0) is 9.72. The second-order valence-corrected chi connectivity index (χ2v) is 1.52. The molecule has 0 aromatic rings. The molecule has 0 rings (SSSR count). The molecule has 0 aliphatic heterocycles. The predicted octanol–water partition coefficient (Wildman–Crippen LogP) is -1.43. The molecule has 12 heavy (non-hydrogen) atoms. The largest absolute Gasteiger partial charge is 0.465 e. The maximum Gasteiger partial charge on any atom is 0.411 e. The van der Waals surface area contributed by atoms with Crippen LogP contribution >= 0.6 is 0 Å². The molecule has 0 aliphatic rings. The Morgan fingerprint density at radius 2 is 1.00 bits per heavy atom. The van der Waals surface area contributed by atoms with Crippen LogP contribution in [0, 0.1) is 0 Å². The van der Waals surface area contributed by atoms with Crippen LogP contribution in [0.3, 0.4) is 0 Å². The lowest BCUT2D eigenvalue weighted by molar-refractivity contribution is -0.138. The minimum absolute atomic E-state index is 1.15. The van der Waals surface area contributed by atoms with Crippen LogP contribution in [0.1, 0.15) is 0 Å². The second-order valence-electron chi connectivity index (χ2n) is 1.52. The zero-order valence-corrected chi connectivity index (χ0v) is 5.53. The number of hydrogen-bond donors (Lipinski definition) is 4. The number of nitrogens with one attached hydrogen (secondary N) is 2. The van der Waals surface area contributed by atoms with E-state index in [0.717, 1.165) is 10.6 Å². The Bertz CT molecular complexity index is 220. The van der Waals surface area contributed by atoms with Crippen LogP contribution in [-0.4, -0.2) is 34.2 Å². The van der Waals surface area contributed by atoms with E-state index in [9.17, 15) is 19.2 Å². The third-order valence-electron chi connectivity index (χ3n) is 0.647. The molecule has 0 bridgehead atoms. The lowest BCUT2D eigenvalue weighted by Crippen LogP contribution is -2.43. The molecule has 0 saturated heterocycles. The molecular weight excluding hydrogens is 172 g/mol. The summed E-state index contributed by atoms with van der Waals surface area (Å²) in [5.41, 5.74) is 0. The van der Waals surface area contributed by atoms with Gasteiger partial charge in [0.25, 0.3) is 0 Å². The highest BCUT2D eigenvalue weighted by molar-refractivity contribution is 6.39. The number of hydrogen-bond acceptors (Lipinski definition) is 4. The van der Waals surface area contributed by atoms with Gasteiger partial charge >= 0.3 is 24.0 Å². The fraction of sp³-hybridized carbons (Fsp3) is 0. The molecule has 4 amide bonds. The highest BCUT2D eigenvalue weighted by atomic mass is 16.4. The Labute approximate surface area is 65.2 Å². The molecule has 0 atom stereocenters. The summed E-state index contributed by atoms with van der Waals surface area (Å²) >= 11 is 0. The van der Waals surface area contributed by atoms with E-state index in [1.54, 1.807) is 0 Å². The maximum absolute atomic E-state index is 10.3. The highest BCUT2D eigenvalue weighted by Gasteiger charge is 2.17. The van der Waals surface area contributed by atoms with E-state index in [0.29, 0.717) is 0 Å². The quantitative estimate of drug-likeness (QED) is 0.334. The van der Waals surface area contributed by atoms with Crippen molar-refractivity contribution in [3.63, 3.8) is 0 Å². The SMILES string of the molecule is O=C(O)NC(=O)C(=O)NC(=O)O. The Kier molecular flexibility index (Phi) is 3.22. The van der Waals surface area contributed by atoms with Crippen LogP contribution in [0.4, 0.5) is 9.59 Å². The zero-order valence-electron chi connectivity index (χ0n) is 5.53. The molecule has 0 spiro atoms. The number of carbonyl (C=O) groups is 4. The first-order valence-electron chi connectivity index (χ1n) is 2.51. The van der Waals surface area contributed by atoms with E-state index in [2.05, 4.69) is 0 Å². The van der Waals surface area contributed by atoms with Gasteiger partial charge in [-0.2, -0.15) is 0 Å². The number of amides is 4.